The van der Waals surface area contributed by atoms with Crippen molar-refractivity contribution in [3.8, 4) is 5.75 Å². The van der Waals surface area contributed by atoms with E-state index in [-0.39, 0.29) is 36.3 Å². The highest BCUT2D eigenvalue weighted by molar-refractivity contribution is 6.24. The average Bonchev–Trinajstić information content (AvgIpc) is 3.40. The molecule has 2 aromatic rings. The lowest BCUT2D eigenvalue weighted by Crippen LogP contribution is -2.63. The lowest BCUT2D eigenvalue weighted by Gasteiger charge is -2.50. The summed E-state index contributed by atoms with van der Waals surface area (Å²) < 4.78 is 5.33. The van der Waals surface area contributed by atoms with E-state index in [1.54, 1.807) is 38.6 Å². The molecule has 41 heavy (non-hydrogen) atoms. The van der Waals surface area contributed by atoms with E-state index < -0.39 is 58.0 Å². The molecule has 0 radical (unpaired) electrons. The molecule has 12 heteroatoms. The number of primary amides is 1. The number of nitrogens with two attached hydrogens (primary N) is 1. The molecule has 3 aliphatic rings. The number of allylic oxidation sites excluding steroid dienone is 1. The minimum absolute atomic E-state index is 0.0215. The lowest BCUT2D eigenvalue weighted by atomic mass is 9.58. The summed E-state index contributed by atoms with van der Waals surface area (Å²) in [7, 11) is 6.82. The van der Waals surface area contributed by atoms with Crippen molar-refractivity contribution >= 4 is 23.2 Å². The Bertz CT molecular complexity index is 1510. The average molecular weight is 567 g/mol. The second-order valence-corrected chi connectivity index (χ2v) is 11.3. The van der Waals surface area contributed by atoms with Gasteiger partial charge in [-0.1, -0.05) is 0 Å². The highest BCUT2D eigenvalue weighted by Crippen LogP contribution is 2.53. The van der Waals surface area contributed by atoms with Crippen LogP contribution in [0, 0.1) is 11.8 Å². The predicted molar refractivity (Wildman–Crippen MR) is 147 cm³/mol. The highest BCUT2D eigenvalue weighted by Gasteiger charge is 2.63. The topological polar surface area (TPSA) is 190 Å². The van der Waals surface area contributed by atoms with Crippen LogP contribution in [-0.4, -0.2) is 82.6 Å². The van der Waals surface area contributed by atoms with Gasteiger partial charge in [-0.05, 0) is 56.6 Å². The number of hydrogen-bond acceptors (Lipinski definition) is 11. The second kappa shape index (κ2) is 10.1. The number of furan rings is 1. The number of aliphatic hydroxyl groups is 3. The van der Waals surface area contributed by atoms with Crippen molar-refractivity contribution in [2.75, 3.05) is 33.1 Å². The van der Waals surface area contributed by atoms with E-state index in [4.69, 9.17) is 10.2 Å². The molecular formula is C29H34N4O8. The number of hydrogen-bond donors (Lipinski definition) is 6. The van der Waals surface area contributed by atoms with Gasteiger partial charge in [-0.15, -0.1) is 0 Å². The largest absolute Gasteiger partial charge is 0.510 e. The number of aromatic hydroxyl groups is 1. The van der Waals surface area contributed by atoms with E-state index in [1.807, 2.05) is 19.0 Å². The third-order valence-electron chi connectivity index (χ3n) is 8.45. The molecule has 1 amide bonds. The molecule has 1 aromatic carbocycles. The van der Waals surface area contributed by atoms with Gasteiger partial charge in [0.15, 0.2) is 11.4 Å². The van der Waals surface area contributed by atoms with Crippen molar-refractivity contribution < 1.29 is 39.2 Å². The summed E-state index contributed by atoms with van der Waals surface area (Å²) in [6.07, 6.45) is 1.80. The Morgan fingerprint density at radius 1 is 1.17 bits per heavy atom. The summed E-state index contributed by atoms with van der Waals surface area (Å²) in [6, 6.07) is 4.32. The molecule has 0 saturated carbocycles. The van der Waals surface area contributed by atoms with E-state index in [9.17, 15) is 34.8 Å². The molecule has 7 N–H and O–H groups in total. The molecule has 1 aromatic heterocycles. The zero-order valence-electron chi connectivity index (χ0n) is 23.3. The van der Waals surface area contributed by atoms with Crippen LogP contribution in [0.25, 0.3) is 0 Å². The number of Topliss-reactive ketones (excluding diaryl/α,β-unsaturated/α-hetero) is 2. The standard InChI is InChI=1S/C29H34N4O8/c1-32(2)18-10-14(11-31-12-15-6-5-7-41-15)23(34)20-16(18)8-13-9-17-22(33(3)4)25(36)21(28(30)39)27(38)29(17,40)26(37)19(13)24(20)35/h5-7,10,13,17,22,31,34,36-37,40H,8-9,11-12H2,1-4H3,(H2,30,39)/t13-,17-,22-,29-/m0/s1. The molecule has 5 rings (SSSR count). The van der Waals surface area contributed by atoms with Gasteiger partial charge in [0, 0.05) is 43.4 Å². The van der Waals surface area contributed by atoms with Gasteiger partial charge in [0.1, 0.15) is 28.6 Å². The van der Waals surface area contributed by atoms with Crippen LogP contribution >= 0.6 is 0 Å². The number of likely N-dealkylation sites (N-methyl/N-ethyl adjacent to an activating group) is 1. The zero-order chi connectivity index (χ0) is 30.0. The van der Waals surface area contributed by atoms with Gasteiger partial charge in [-0.3, -0.25) is 19.3 Å². The summed E-state index contributed by atoms with van der Waals surface area (Å²) in [6.45, 7) is 0.582. The zero-order valence-corrected chi connectivity index (χ0v) is 23.3. The van der Waals surface area contributed by atoms with Crippen molar-refractivity contribution in [1.29, 1.82) is 0 Å². The first-order chi connectivity index (χ1) is 19.3. The maximum Gasteiger partial charge on any atom is 0.255 e. The number of ketones is 2. The monoisotopic (exact) mass is 566 g/mol. The maximum atomic E-state index is 14.1. The Morgan fingerprint density at radius 2 is 1.88 bits per heavy atom. The van der Waals surface area contributed by atoms with E-state index in [0.29, 0.717) is 29.1 Å². The molecule has 4 atom stereocenters. The minimum Gasteiger partial charge on any atom is -0.510 e. The smallest absolute Gasteiger partial charge is 0.255 e. The number of fused-ring (bicyclic) bond motifs is 3. The van der Waals surface area contributed by atoms with Gasteiger partial charge < -0.3 is 40.8 Å². The number of rotatable bonds is 7. The quantitative estimate of drug-likeness (QED) is 0.263. The second-order valence-electron chi connectivity index (χ2n) is 11.3. The molecule has 0 bridgehead atoms. The van der Waals surface area contributed by atoms with Gasteiger partial charge in [0.2, 0.25) is 5.78 Å². The van der Waals surface area contributed by atoms with Crippen molar-refractivity contribution in [3.05, 3.63) is 69.6 Å². The van der Waals surface area contributed by atoms with Crippen LogP contribution in [0.5, 0.6) is 5.75 Å². The number of phenolic OH excluding ortho intramolecular Hbond substituents is 1. The van der Waals surface area contributed by atoms with Crippen molar-refractivity contribution in [2.45, 2.75) is 37.6 Å². The lowest BCUT2D eigenvalue weighted by molar-refractivity contribution is -0.148. The third kappa shape index (κ3) is 4.21. The van der Waals surface area contributed by atoms with E-state index in [2.05, 4.69) is 5.32 Å². The number of benzene rings is 1. The van der Waals surface area contributed by atoms with Crippen LogP contribution in [0.4, 0.5) is 5.69 Å². The van der Waals surface area contributed by atoms with E-state index in [1.165, 1.54) is 4.90 Å². The van der Waals surface area contributed by atoms with Gasteiger partial charge in [0.25, 0.3) is 5.91 Å². The fraction of sp³-hybridized carbons (Fsp3) is 0.414. The summed E-state index contributed by atoms with van der Waals surface area (Å²) in [5.74, 6) is -6.01. The van der Waals surface area contributed by atoms with Crippen LogP contribution in [0.3, 0.4) is 0 Å². The SMILES string of the molecule is CN(C)c1cc(CNCc2ccco2)c(O)c2c1C[C@H]1C[C@H]3[C@H](N(C)C)C(O)=C(C(N)=O)C(=O)[C@@]3(O)C(O)=C1C2=O. The van der Waals surface area contributed by atoms with Gasteiger partial charge in [0.05, 0.1) is 24.4 Å². The van der Waals surface area contributed by atoms with Crippen LogP contribution < -0.4 is 16.0 Å². The number of carbonyl (C=O) groups excluding carboxylic acids is 3. The fourth-order valence-corrected chi connectivity index (χ4v) is 6.62. The molecule has 12 nitrogen and oxygen atoms in total. The Kier molecular flexibility index (Phi) is 6.96. The first-order valence-electron chi connectivity index (χ1n) is 13.2. The van der Waals surface area contributed by atoms with Crippen molar-refractivity contribution in [3.63, 3.8) is 0 Å². The van der Waals surface area contributed by atoms with Crippen molar-refractivity contribution in [2.24, 2.45) is 17.6 Å². The first kappa shape index (κ1) is 28.4. The number of phenols is 1. The van der Waals surface area contributed by atoms with E-state index >= 15 is 0 Å². The normalized spacial score (nSPS) is 25.8. The van der Waals surface area contributed by atoms with Gasteiger partial charge in [-0.2, -0.15) is 0 Å². The van der Waals surface area contributed by atoms with Crippen LogP contribution in [0.15, 0.2) is 51.5 Å². The Morgan fingerprint density at radius 3 is 2.46 bits per heavy atom. The van der Waals surface area contributed by atoms with E-state index in [0.717, 1.165) is 0 Å². The summed E-state index contributed by atoms with van der Waals surface area (Å²) >= 11 is 0. The van der Waals surface area contributed by atoms with Crippen LogP contribution in [0.1, 0.15) is 33.7 Å². The summed E-state index contributed by atoms with van der Waals surface area (Å²) in [4.78, 5) is 43.0. The van der Waals surface area contributed by atoms with Gasteiger partial charge in [-0.25, -0.2) is 0 Å². The number of amides is 1. The fourth-order valence-electron chi connectivity index (χ4n) is 6.62. The molecule has 218 valence electrons. The molecule has 0 aliphatic heterocycles. The Hall–Kier alpha value is -4.13. The molecule has 1 heterocycles. The molecule has 0 fully saturated rings. The molecule has 0 unspecified atom stereocenters. The molecule has 0 saturated heterocycles. The maximum absolute atomic E-state index is 14.1. The number of aliphatic hydroxyl groups excluding tert-OH is 2. The predicted octanol–water partition coefficient (Wildman–Crippen LogP) is 1.07. The van der Waals surface area contributed by atoms with Crippen LogP contribution in [-0.2, 0) is 29.1 Å². The molecular weight excluding hydrogens is 532 g/mol. The molecule has 3 aliphatic carbocycles. The summed E-state index contributed by atoms with van der Waals surface area (Å²) in [5, 5.41) is 48.7. The highest BCUT2D eigenvalue weighted by atomic mass is 16.3. The molecule has 0 spiro atoms. The van der Waals surface area contributed by atoms with Gasteiger partial charge >= 0.3 is 0 Å². The first-order valence-corrected chi connectivity index (χ1v) is 13.2. The number of nitrogens with zero attached hydrogens (tertiary/aromatic N) is 2. The number of anilines is 1. The minimum atomic E-state index is -2.67. The third-order valence-corrected chi connectivity index (χ3v) is 8.45. The number of nitrogens with one attached hydrogen (secondary N) is 1. The Balaban J connectivity index is 1.63. The van der Waals surface area contributed by atoms with Crippen LogP contribution in [0.2, 0.25) is 0 Å². The Labute approximate surface area is 236 Å². The van der Waals surface area contributed by atoms with Crippen molar-refractivity contribution in [1.82, 2.24) is 10.2 Å². The summed E-state index contributed by atoms with van der Waals surface area (Å²) in [5.41, 5.74) is 3.37. The number of carbonyl (C=O) groups is 3.